The van der Waals surface area contributed by atoms with E-state index >= 15 is 0 Å². The summed E-state index contributed by atoms with van der Waals surface area (Å²) in [6.07, 6.45) is 6.14. The van der Waals surface area contributed by atoms with Crippen molar-refractivity contribution < 1.29 is 4.79 Å². The van der Waals surface area contributed by atoms with Crippen molar-refractivity contribution in [1.82, 2.24) is 29.7 Å². The predicted molar refractivity (Wildman–Crippen MR) is 69.3 cm³/mol. The fraction of sp³-hybridized carbons (Fsp3) is 0. The van der Waals surface area contributed by atoms with Gasteiger partial charge in [0.15, 0.2) is 5.82 Å². The zero-order chi connectivity index (χ0) is 13.9. The van der Waals surface area contributed by atoms with Crippen molar-refractivity contribution in [3.63, 3.8) is 0 Å². The van der Waals surface area contributed by atoms with E-state index in [1.807, 2.05) is 0 Å². The smallest absolute Gasteiger partial charge is 0.341 e. The molecule has 0 atom stereocenters. The Bertz CT molecular complexity index is 739. The molecule has 3 aromatic heterocycles. The van der Waals surface area contributed by atoms with Crippen LogP contribution < -0.4 is 5.73 Å². The third-order valence-corrected chi connectivity index (χ3v) is 2.57. The Labute approximate surface area is 113 Å². The molecular weight excluding hydrogens is 258 g/mol. The Morgan fingerprint density at radius 2 is 1.85 bits per heavy atom. The van der Waals surface area contributed by atoms with Crippen molar-refractivity contribution in [2.24, 2.45) is 5.73 Å². The zero-order valence-corrected chi connectivity index (χ0v) is 10.2. The van der Waals surface area contributed by atoms with Gasteiger partial charge in [0.2, 0.25) is 5.82 Å². The van der Waals surface area contributed by atoms with Crippen LogP contribution in [0.5, 0.6) is 0 Å². The summed E-state index contributed by atoms with van der Waals surface area (Å²) >= 11 is 0. The van der Waals surface area contributed by atoms with Gasteiger partial charge in [0.05, 0.1) is 0 Å². The number of carbonyl (C=O) groups is 1. The van der Waals surface area contributed by atoms with Gasteiger partial charge >= 0.3 is 6.03 Å². The lowest BCUT2D eigenvalue weighted by molar-refractivity contribution is 0.248. The number of primary amides is 1. The average Bonchev–Trinajstić information content (AvgIpc) is 2.94. The predicted octanol–water partition coefficient (Wildman–Crippen LogP) is 0.724. The lowest BCUT2D eigenvalue weighted by Crippen LogP contribution is -2.21. The van der Waals surface area contributed by atoms with Crippen molar-refractivity contribution >= 4 is 6.03 Å². The molecule has 3 rings (SSSR count). The number of nitrogens with two attached hydrogens (primary N) is 1. The first-order chi connectivity index (χ1) is 9.75. The first kappa shape index (κ1) is 11.9. The van der Waals surface area contributed by atoms with Crippen molar-refractivity contribution in [2.75, 3.05) is 0 Å². The standard InChI is InChI=1S/C12H9N7O/c13-12(20)19-11(8-1-4-14-5-2-8)17-10(18-19)9-3-6-15-7-16-9/h1-7H,(H2,13,20). The van der Waals surface area contributed by atoms with Crippen LogP contribution in [0.2, 0.25) is 0 Å². The van der Waals surface area contributed by atoms with Gasteiger partial charge in [-0.25, -0.2) is 19.7 Å². The van der Waals surface area contributed by atoms with Crippen LogP contribution in [0.1, 0.15) is 0 Å². The molecule has 0 spiro atoms. The second-order valence-electron chi connectivity index (χ2n) is 3.84. The van der Waals surface area contributed by atoms with E-state index in [0.717, 1.165) is 4.68 Å². The number of nitrogens with zero attached hydrogens (tertiary/aromatic N) is 6. The van der Waals surface area contributed by atoms with E-state index < -0.39 is 6.03 Å². The third kappa shape index (κ3) is 2.09. The van der Waals surface area contributed by atoms with E-state index in [1.165, 1.54) is 6.33 Å². The van der Waals surface area contributed by atoms with Gasteiger partial charge in [0.25, 0.3) is 0 Å². The summed E-state index contributed by atoms with van der Waals surface area (Å²) < 4.78 is 1.03. The van der Waals surface area contributed by atoms with Crippen LogP contribution in [-0.2, 0) is 0 Å². The van der Waals surface area contributed by atoms with Crippen LogP contribution in [0.4, 0.5) is 4.79 Å². The fourth-order valence-electron chi connectivity index (χ4n) is 1.69. The maximum atomic E-state index is 11.5. The molecule has 0 saturated heterocycles. The second-order valence-corrected chi connectivity index (χ2v) is 3.84. The minimum Gasteiger partial charge on any atom is -0.350 e. The molecule has 0 aliphatic heterocycles. The van der Waals surface area contributed by atoms with Gasteiger partial charge in [-0.2, -0.15) is 4.68 Å². The SMILES string of the molecule is NC(=O)n1nc(-c2ccncn2)nc1-c1ccncc1. The van der Waals surface area contributed by atoms with Crippen LogP contribution in [0.3, 0.4) is 0 Å². The minimum absolute atomic E-state index is 0.304. The Morgan fingerprint density at radius 1 is 1.10 bits per heavy atom. The Morgan fingerprint density at radius 3 is 2.50 bits per heavy atom. The second kappa shape index (κ2) is 4.84. The number of carbonyl (C=O) groups excluding carboxylic acids is 1. The van der Waals surface area contributed by atoms with Crippen LogP contribution in [0, 0.1) is 0 Å². The topological polar surface area (TPSA) is 112 Å². The van der Waals surface area contributed by atoms with E-state index in [4.69, 9.17) is 5.73 Å². The largest absolute Gasteiger partial charge is 0.350 e. The van der Waals surface area contributed by atoms with E-state index in [2.05, 4.69) is 25.0 Å². The van der Waals surface area contributed by atoms with E-state index in [9.17, 15) is 4.79 Å². The molecule has 1 amide bonds. The molecule has 98 valence electrons. The van der Waals surface area contributed by atoms with Gasteiger partial charge in [0, 0.05) is 24.2 Å². The summed E-state index contributed by atoms with van der Waals surface area (Å²) in [5.41, 5.74) is 6.51. The number of hydrogen-bond donors (Lipinski definition) is 1. The van der Waals surface area contributed by atoms with Crippen LogP contribution in [-0.4, -0.2) is 35.7 Å². The summed E-state index contributed by atoms with van der Waals surface area (Å²) in [6.45, 7) is 0. The molecular formula is C12H9N7O. The summed E-state index contributed by atoms with van der Waals surface area (Å²) in [6, 6.07) is 4.36. The number of aromatic nitrogens is 6. The molecule has 3 heterocycles. The van der Waals surface area contributed by atoms with Crippen LogP contribution >= 0.6 is 0 Å². The zero-order valence-electron chi connectivity index (χ0n) is 10.2. The Balaban J connectivity index is 2.15. The maximum absolute atomic E-state index is 11.5. The van der Waals surface area contributed by atoms with Crippen molar-refractivity contribution in [3.8, 4) is 22.9 Å². The molecule has 0 saturated carbocycles. The number of amides is 1. The van der Waals surface area contributed by atoms with Crippen molar-refractivity contribution in [3.05, 3.63) is 43.1 Å². The molecule has 2 N–H and O–H groups in total. The summed E-state index contributed by atoms with van der Waals surface area (Å²) in [7, 11) is 0. The molecule has 0 fully saturated rings. The molecule has 0 radical (unpaired) electrons. The first-order valence-electron chi connectivity index (χ1n) is 5.69. The van der Waals surface area contributed by atoms with Gasteiger partial charge in [-0.15, -0.1) is 5.10 Å². The molecule has 8 heteroatoms. The molecule has 0 bridgehead atoms. The normalized spacial score (nSPS) is 10.4. The van der Waals surface area contributed by atoms with Gasteiger partial charge < -0.3 is 5.73 Å². The Kier molecular flexibility index (Phi) is 2.88. The molecule has 3 aromatic rings. The van der Waals surface area contributed by atoms with Gasteiger partial charge in [-0.05, 0) is 18.2 Å². The number of hydrogen-bond acceptors (Lipinski definition) is 6. The van der Waals surface area contributed by atoms with Crippen molar-refractivity contribution in [1.29, 1.82) is 0 Å². The molecule has 0 unspecified atom stereocenters. The molecule has 8 nitrogen and oxygen atoms in total. The lowest BCUT2D eigenvalue weighted by atomic mass is 10.2. The fourth-order valence-corrected chi connectivity index (χ4v) is 1.69. The van der Waals surface area contributed by atoms with E-state index in [1.54, 1.807) is 36.8 Å². The number of rotatable bonds is 2. The van der Waals surface area contributed by atoms with Crippen molar-refractivity contribution in [2.45, 2.75) is 0 Å². The van der Waals surface area contributed by atoms with Crippen LogP contribution in [0.15, 0.2) is 43.1 Å². The highest BCUT2D eigenvalue weighted by Gasteiger charge is 2.17. The molecule has 0 aliphatic carbocycles. The van der Waals surface area contributed by atoms with Gasteiger partial charge in [-0.3, -0.25) is 4.98 Å². The highest BCUT2D eigenvalue weighted by molar-refractivity contribution is 5.79. The quantitative estimate of drug-likeness (QED) is 0.732. The van der Waals surface area contributed by atoms with E-state index in [0.29, 0.717) is 22.9 Å². The van der Waals surface area contributed by atoms with E-state index in [-0.39, 0.29) is 0 Å². The lowest BCUT2D eigenvalue weighted by Gasteiger charge is -1.99. The monoisotopic (exact) mass is 267 g/mol. The highest BCUT2D eigenvalue weighted by atomic mass is 16.2. The highest BCUT2D eigenvalue weighted by Crippen LogP contribution is 2.19. The summed E-state index contributed by atoms with van der Waals surface area (Å²) in [5.74, 6) is 0.645. The molecule has 0 aromatic carbocycles. The summed E-state index contributed by atoms with van der Waals surface area (Å²) in [5, 5.41) is 4.08. The minimum atomic E-state index is -0.718. The van der Waals surface area contributed by atoms with Gasteiger partial charge in [0.1, 0.15) is 12.0 Å². The first-order valence-corrected chi connectivity index (χ1v) is 5.69. The third-order valence-electron chi connectivity index (χ3n) is 2.57. The Hall–Kier alpha value is -3.16. The summed E-state index contributed by atoms with van der Waals surface area (Å²) in [4.78, 5) is 27.6. The molecule has 0 aliphatic rings. The molecule has 20 heavy (non-hydrogen) atoms. The maximum Gasteiger partial charge on any atom is 0.341 e. The average molecular weight is 267 g/mol. The van der Waals surface area contributed by atoms with Gasteiger partial charge in [-0.1, -0.05) is 0 Å². The number of pyridine rings is 1. The van der Waals surface area contributed by atoms with Crippen LogP contribution in [0.25, 0.3) is 22.9 Å².